The van der Waals surface area contributed by atoms with Gasteiger partial charge in [0.2, 0.25) is 5.91 Å². The first-order chi connectivity index (χ1) is 8.04. The van der Waals surface area contributed by atoms with Gasteiger partial charge in [-0.1, -0.05) is 33.6 Å². The molecule has 0 saturated heterocycles. The summed E-state index contributed by atoms with van der Waals surface area (Å²) in [6, 6.07) is 0.507. The fourth-order valence-corrected chi connectivity index (χ4v) is 2.55. The van der Waals surface area contributed by atoms with E-state index in [1.165, 1.54) is 25.7 Å². The molecule has 17 heavy (non-hydrogen) atoms. The maximum absolute atomic E-state index is 12.3. The monoisotopic (exact) mass is 240 g/mol. The molecule has 0 aromatic carbocycles. The molecule has 1 atom stereocenters. The van der Waals surface area contributed by atoms with Gasteiger partial charge in [0.15, 0.2) is 0 Å². The smallest absolute Gasteiger partial charge is 0.224 e. The van der Waals surface area contributed by atoms with Crippen molar-refractivity contribution in [3.05, 3.63) is 0 Å². The van der Waals surface area contributed by atoms with Crippen LogP contribution in [0.2, 0.25) is 0 Å². The Labute approximate surface area is 106 Å². The molecule has 0 aliphatic heterocycles. The van der Waals surface area contributed by atoms with Crippen LogP contribution in [0.1, 0.15) is 59.3 Å². The molecule has 0 aromatic rings. The first kappa shape index (κ1) is 14.5. The number of carbonyl (C=O) groups is 1. The lowest BCUT2D eigenvalue weighted by atomic mass is 10.1. The number of amides is 1. The molecule has 1 amide bonds. The minimum atomic E-state index is 0.0264. The zero-order valence-electron chi connectivity index (χ0n) is 11.6. The van der Waals surface area contributed by atoms with E-state index in [-0.39, 0.29) is 11.9 Å². The maximum atomic E-state index is 12.3. The van der Waals surface area contributed by atoms with Gasteiger partial charge in [0, 0.05) is 25.0 Å². The van der Waals surface area contributed by atoms with Crippen LogP contribution in [0, 0.1) is 5.92 Å². The van der Waals surface area contributed by atoms with Crippen LogP contribution in [0.15, 0.2) is 0 Å². The van der Waals surface area contributed by atoms with Crippen molar-refractivity contribution in [2.45, 2.75) is 71.4 Å². The molecule has 3 nitrogen and oxygen atoms in total. The summed E-state index contributed by atoms with van der Waals surface area (Å²) in [7, 11) is 0. The van der Waals surface area contributed by atoms with Gasteiger partial charge in [-0.2, -0.15) is 0 Å². The Bertz CT molecular complexity index is 234. The number of rotatable bonds is 6. The number of nitrogens with two attached hydrogens (primary N) is 1. The minimum Gasteiger partial charge on any atom is -0.339 e. The molecule has 1 fully saturated rings. The van der Waals surface area contributed by atoms with Crippen molar-refractivity contribution in [3.8, 4) is 0 Å². The van der Waals surface area contributed by atoms with E-state index in [2.05, 4.69) is 18.7 Å². The summed E-state index contributed by atoms with van der Waals surface area (Å²) in [5.74, 6) is 0.803. The molecule has 0 heterocycles. The molecule has 100 valence electrons. The normalized spacial score (nSPS) is 18.6. The van der Waals surface area contributed by atoms with E-state index in [1.54, 1.807) is 0 Å². The zero-order valence-corrected chi connectivity index (χ0v) is 11.6. The van der Waals surface area contributed by atoms with E-state index in [9.17, 15) is 4.79 Å². The Balaban J connectivity index is 2.57. The summed E-state index contributed by atoms with van der Waals surface area (Å²) in [4.78, 5) is 14.4. The molecular weight excluding hydrogens is 212 g/mol. The second kappa shape index (κ2) is 7.00. The molecule has 0 radical (unpaired) electrons. The number of hydrogen-bond acceptors (Lipinski definition) is 2. The quantitative estimate of drug-likeness (QED) is 0.775. The van der Waals surface area contributed by atoms with Gasteiger partial charge in [0.1, 0.15) is 0 Å². The van der Waals surface area contributed by atoms with Crippen molar-refractivity contribution in [2.75, 3.05) is 6.54 Å². The third-order valence-corrected chi connectivity index (χ3v) is 3.61. The van der Waals surface area contributed by atoms with Crippen molar-refractivity contribution in [3.63, 3.8) is 0 Å². The Hall–Kier alpha value is -0.570. The van der Waals surface area contributed by atoms with E-state index in [4.69, 9.17) is 5.73 Å². The molecule has 0 spiro atoms. The molecule has 1 aliphatic rings. The van der Waals surface area contributed by atoms with Crippen LogP contribution in [-0.2, 0) is 4.79 Å². The molecule has 0 bridgehead atoms. The van der Waals surface area contributed by atoms with Gasteiger partial charge < -0.3 is 10.6 Å². The van der Waals surface area contributed by atoms with Gasteiger partial charge in [-0.15, -0.1) is 0 Å². The second-order valence-corrected chi connectivity index (χ2v) is 5.75. The highest BCUT2D eigenvalue weighted by Crippen LogP contribution is 2.25. The van der Waals surface area contributed by atoms with Crippen LogP contribution in [0.4, 0.5) is 0 Å². The van der Waals surface area contributed by atoms with Crippen LogP contribution < -0.4 is 5.73 Å². The highest BCUT2D eigenvalue weighted by Gasteiger charge is 2.27. The average molecular weight is 240 g/mol. The molecule has 1 aliphatic carbocycles. The molecule has 0 aromatic heterocycles. The topological polar surface area (TPSA) is 46.3 Å². The van der Waals surface area contributed by atoms with Crippen molar-refractivity contribution < 1.29 is 4.79 Å². The zero-order chi connectivity index (χ0) is 12.8. The molecule has 1 saturated carbocycles. The molecule has 1 rings (SSSR count). The van der Waals surface area contributed by atoms with Crippen LogP contribution >= 0.6 is 0 Å². The lowest BCUT2D eigenvalue weighted by Crippen LogP contribution is -2.43. The number of hydrogen-bond donors (Lipinski definition) is 1. The summed E-state index contributed by atoms with van der Waals surface area (Å²) in [5.41, 5.74) is 5.89. The summed E-state index contributed by atoms with van der Waals surface area (Å²) in [5, 5.41) is 0. The maximum Gasteiger partial charge on any atom is 0.224 e. The molecule has 3 heteroatoms. The van der Waals surface area contributed by atoms with Gasteiger partial charge in [-0.3, -0.25) is 4.79 Å². The van der Waals surface area contributed by atoms with Gasteiger partial charge in [-0.05, 0) is 25.2 Å². The Kier molecular flexibility index (Phi) is 5.96. The van der Waals surface area contributed by atoms with E-state index >= 15 is 0 Å². The van der Waals surface area contributed by atoms with Gasteiger partial charge >= 0.3 is 0 Å². The molecule has 1 unspecified atom stereocenters. The highest BCUT2D eigenvalue weighted by atomic mass is 16.2. The highest BCUT2D eigenvalue weighted by molar-refractivity contribution is 5.77. The van der Waals surface area contributed by atoms with Crippen molar-refractivity contribution >= 4 is 5.91 Å². The average Bonchev–Trinajstić information content (AvgIpc) is 2.78. The third kappa shape index (κ3) is 4.66. The second-order valence-electron chi connectivity index (χ2n) is 5.75. The number of carbonyl (C=O) groups excluding carboxylic acids is 1. The predicted molar refractivity (Wildman–Crippen MR) is 71.7 cm³/mol. The summed E-state index contributed by atoms with van der Waals surface area (Å²) < 4.78 is 0. The van der Waals surface area contributed by atoms with Crippen LogP contribution in [0.5, 0.6) is 0 Å². The largest absolute Gasteiger partial charge is 0.339 e. The van der Waals surface area contributed by atoms with Gasteiger partial charge in [0.05, 0.1) is 0 Å². The Morgan fingerprint density at radius 3 is 2.41 bits per heavy atom. The fourth-order valence-electron chi connectivity index (χ4n) is 2.55. The predicted octanol–water partition coefficient (Wildman–Crippen LogP) is 2.54. The fraction of sp³-hybridized carbons (Fsp3) is 0.929. The van der Waals surface area contributed by atoms with E-state index in [0.717, 1.165) is 13.0 Å². The van der Waals surface area contributed by atoms with E-state index in [0.29, 0.717) is 18.4 Å². The van der Waals surface area contributed by atoms with Crippen molar-refractivity contribution in [2.24, 2.45) is 11.7 Å². The lowest BCUT2D eigenvalue weighted by Gasteiger charge is -2.31. The van der Waals surface area contributed by atoms with Crippen molar-refractivity contribution in [1.29, 1.82) is 0 Å². The summed E-state index contributed by atoms with van der Waals surface area (Å²) in [6.07, 6.45) is 6.30. The Morgan fingerprint density at radius 2 is 1.94 bits per heavy atom. The van der Waals surface area contributed by atoms with Crippen LogP contribution in [-0.4, -0.2) is 29.4 Å². The van der Waals surface area contributed by atoms with Crippen LogP contribution in [0.25, 0.3) is 0 Å². The number of nitrogens with zero attached hydrogens (tertiary/aromatic N) is 1. The summed E-state index contributed by atoms with van der Waals surface area (Å²) in [6.45, 7) is 7.28. The standard InChI is InChI=1S/C14H28N2O/c1-4-12(15)9-14(17)16(10-11(2)3)13-7-5-6-8-13/h11-13H,4-10,15H2,1-3H3. The van der Waals surface area contributed by atoms with Gasteiger partial charge in [0.25, 0.3) is 0 Å². The summed E-state index contributed by atoms with van der Waals surface area (Å²) >= 11 is 0. The lowest BCUT2D eigenvalue weighted by molar-refractivity contribution is -0.134. The first-order valence-electron chi connectivity index (χ1n) is 7.09. The molecule has 2 N–H and O–H groups in total. The minimum absolute atomic E-state index is 0.0264. The first-order valence-corrected chi connectivity index (χ1v) is 7.09. The Morgan fingerprint density at radius 1 is 1.35 bits per heavy atom. The van der Waals surface area contributed by atoms with Crippen LogP contribution in [0.3, 0.4) is 0 Å². The SMILES string of the molecule is CCC(N)CC(=O)N(CC(C)C)C1CCCC1. The third-order valence-electron chi connectivity index (χ3n) is 3.61. The van der Waals surface area contributed by atoms with Gasteiger partial charge in [-0.25, -0.2) is 0 Å². The van der Waals surface area contributed by atoms with E-state index in [1.807, 2.05) is 6.92 Å². The molecular formula is C14H28N2O. The van der Waals surface area contributed by atoms with E-state index < -0.39 is 0 Å². The van der Waals surface area contributed by atoms with Crippen molar-refractivity contribution in [1.82, 2.24) is 4.90 Å².